The number of nitro groups is 1. The van der Waals surface area contributed by atoms with Gasteiger partial charge in [0.25, 0.3) is 11.2 Å². The van der Waals surface area contributed by atoms with Gasteiger partial charge in [-0.25, -0.2) is 9.67 Å². The van der Waals surface area contributed by atoms with Gasteiger partial charge in [0.05, 0.1) is 28.2 Å². The van der Waals surface area contributed by atoms with E-state index in [0.717, 1.165) is 22.6 Å². The number of rotatable bonds is 6. The van der Waals surface area contributed by atoms with Crippen LogP contribution in [-0.2, 0) is 13.6 Å². The van der Waals surface area contributed by atoms with Crippen LogP contribution in [0, 0.1) is 17.0 Å². The largest absolute Gasteiger partial charge is 0.342 e. The minimum Gasteiger partial charge on any atom is -0.342 e. The molecule has 0 fully saturated rings. The lowest BCUT2D eigenvalue weighted by molar-refractivity contribution is -0.384. The molecule has 0 atom stereocenters. The van der Waals surface area contributed by atoms with E-state index in [2.05, 4.69) is 4.99 Å². The molecule has 2 heterocycles. The predicted molar refractivity (Wildman–Crippen MR) is 120 cm³/mol. The van der Waals surface area contributed by atoms with Crippen LogP contribution < -0.4 is 5.56 Å². The highest BCUT2D eigenvalue weighted by molar-refractivity contribution is 5.80. The summed E-state index contributed by atoms with van der Waals surface area (Å²) in [6, 6.07) is 19.7. The lowest BCUT2D eigenvalue weighted by Gasteiger charge is -2.07. The summed E-state index contributed by atoms with van der Waals surface area (Å²) in [5, 5.41) is 10.8. The van der Waals surface area contributed by atoms with Crippen LogP contribution in [0.5, 0.6) is 0 Å². The minimum atomic E-state index is -0.415. The number of non-ortho nitro benzene ring substituents is 1. The molecule has 8 heteroatoms. The first kappa shape index (κ1) is 20.1. The van der Waals surface area contributed by atoms with Gasteiger partial charge in [0.2, 0.25) is 0 Å². The fraction of sp³-hybridized carbons (Fsp3) is 0.130. The number of hydrogen-bond donors (Lipinski definition) is 0. The third-order valence-corrected chi connectivity index (χ3v) is 5.21. The molecule has 0 unspecified atom stereocenters. The highest BCUT2D eigenvalue weighted by Gasteiger charge is 2.15. The molecule has 2 aromatic carbocycles. The number of aromatic nitrogens is 3. The van der Waals surface area contributed by atoms with Gasteiger partial charge in [0.1, 0.15) is 0 Å². The maximum atomic E-state index is 13.0. The van der Waals surface area contributed by atoms with Crippen LogP contribution in [0.4, 0.5) is 11.4 Å². The zero-order valence-corrected chi connectivity index (χ0v) is 17.2. The van der Waals surface area contributed by atoms with Crippen LogP contribution in [0.15, 0.2) is 82.7 Å². The highest BCUT2D eigenvalue weighted by atomic mass is 16.6. The summed E-state index contributed by atoms with van der Waals surface area (Å²) in [6.07, 6.45) is 3.58. The van der Waals surface area contributed by atoms with Crippen LogP contribution in [-0.4, -0.2) is 25.1 Å². The molecule has 0 aliphatic rings. The SMILES string of the molecule is Cc1c(N=Cc2cccn2Cc2ccc([N+](=O)[O-])cc2)c(=O)n(-c2ccccc2)n1C. The summed E-state index contributed by atoms with van der Waals surface area (Å²) in [7, 11) is 1.83. The van der Waals surface area contributed by atoms with E-state index in [1.807, 2.05) is 67.2 Å². The van der Waals surface area contributed by atoms with E-state index in [1.165, 1.54) is 12.1 Å². The predicted octanol–water partition coefficient (Wildman–Crippen LogP) is 3.99. The van der Waals surface area contributed by atoms with Gasteiger partial charge >= 0.3 is 0 Å². The summed E-state index contributed by atoms with van der Waals surface area (Å²) < 4.78 is 5.36. The van der Waals surface area contributed by atoms with Crippen molar-refractivity contribution in [3.05, 3.63) is 110 Å². The van der Waals surface area contributed by atoms with Gasteiger partial charge in [-0.2, -0.15) is 0 Å². The van der Waals surface area contributed by atoms with Crippen molar-refractivity contribution in [1.29, 1.82) is 0 Å². The standard InChI is InChI=1S/C23H21N5O3/c1-17-22(23(29)27(25(17)2)19-7-4-3-5-8-19)24-15-21-9-6-14-26(21)16-18-10-12-20(13-11-18)28(30)31/h3-15H,16H2,1-2H3. The summed E-state index contributed by atoms with van der Waals surface area (Å²) in [6.45, 7) is 2.40. The normalized spacial score (nSPS) is 11.3. The van der Waals surface area contributed by atoms with Crippen LogP contribution in [0.3, 0.4) is 0 Å². The molecule has 0 bridgehead atoms. The van der Waals surface area contributed by atoms with Crippen molar-refractivity contribution >= 4 is 17.6 Å². The van der Waals surface area contributed by atoms with Gasteiger partial charge in [-0.05, 0) is 36.8 Å². The average molecular weight is 415 g/mol. The molecule has 0 aliphatic heterocycles. The molecule has 0 N–H and O–H groups in total. The first-order chi connectivity index (χ1) is 15.0. The molecule has 0 radical (unpaired) electrons. The summed E-state index contributed by atoms with van der Waals surface area (Å²) >= 11 is 0. The van der Waals surface area contributed by atoms with Gasteiger partial charge < -0.3 is 4.57 Å². The topological polar surface area (TPSA) is 87.4 Å². The van der Waals surface area contributed by atoms with Crippen molar-refractivity contribution < 1.29 is 4.92 Å². The van der Waals surface area contributed by atoms with Gasteiger partial charge in [-0.15, -0.1) is 0 Å². The van der Waals surface area contributed by atoms with Crippen molar-refractivity contribution in [2.45, 2.75) is 13.5 Å². The number of para-hydroxylation sites is 1. The number of nitro benzene ring substituents is 1. The smallest absolute Gasteiger partial charge is 0.297 e. The maximum Gasteiger partial charge on any atom is 0.297 e. The lowest BCUT2D eigenvalue weighted by atomic mass is 10.2. The second-order valence-electron chi connectivity index (χ2n) is 7.15. The molecular formula is C23H21N5O3. The zero-order chi connectivity index (χ0) is 22.0. The molecule has 0 saturated heterocycles. The molecule has 0 amide bonds. The molecule has 0 saturated carbocycles. The fourth-order valence-corrected chi connectivity index (χ4v) is 3.44. The highest BCUT2D eigenvalue weighted by Crippen LogP contribution is 2.17. The summed E-state index contributed by atoms with van der Waals surface area (Å²) in [5.74, 6) is 0. The third-order valence-electron chi connectivity index (χ3n) is 5.21. The molecule has 8 nitrogen and oxygen atoms in total. The van der Waals surface area contributed by atoms with Gasteiger partial charge in [0, 0.05) is 31.9 Å². The van der Waals surface area contributed by atoms with E-state index in [4.69, 9.17) is 0 Å². The third kappa shape index (κ3) is 3.95. The first-order valence-electron chi connectivity index (χ1n) is 9.72. The van der Waals surface area contributed by atoms with Gasteiger partial charge in [-0.3, -0.25) is 19.6 Å². The monoisotopic (exact) mass is 415 g/mol. The van der Waals surface area contributed by atoms with Crippen molar-refractivity contribution in [2.24, 2.45) is 12.0 Å². The summed E-state index contributed by atoms with van der Waals surface area (Å²) in [4.78, 5) is 27.9. The average Bonchev–Trinajstić information content (AvgIpc) is 3.29. The number of hydrogen-bond acceptors (Lipinski definition) is 4. The number of nitrogens with zero attached hydrogens (tertiary/aromatic N) is 5. The second-order valence-corrected chi connectivity index (χ2v) is 7.15. The zero-order valence-electron chi connectivity index (χ0n) is 17.2. The quantitative estimate of drug-likeness (QED) is 0.271. The Kier molecular flexibility index (Phi) is 5.36. The fourth-order valence-electron chi connectivity index (χ4n) is 3.44. The number of benzene rings is 2. The molecule has 0 aliphatic carbocycles. The minimum absolute atomic E-state index is 0.0623. The molecule has 156 valence electrons. The van der Waals surface area contributed by atoms with Crippen molar-refractivity contribution in [3.63, 3.8) is 0 Å². The Bertz CT molecular complexity index is 1310. The van der Waals surface area contributed by atoms with Crippen molar-refractivity contribution in [1.82, 2.24) is 13.9 Å². The van der Waals surface area contributed by atoms with Crippen molar-refractivity contribution in [3.8, 4) is 5.69 Å². The van der Waals surface area contributed by atoms with Crippen LogP contribution in [0.1, 0.15) is 17.0 Å². The lowest BCUT2D eigenvalue weighted by Crippen LogP contribution is -2.19. The van der Waals surface area contributed by atoms with Gasteiger partial charge in [-0.1, -0.05) is 30.3 Å². The van der Waals surface area contributed by atoms with Gasteiger partial charge in [0.15, 0.2) is 5.69 Å². The Labute approximate surface area is 178 Å². The van der Waals surface area contributed by atoms with Crippen molar-refractivity contribution in [2.75, 3.05) is 0 Å². The Morgan fingerprint density at radius 3 is 2.42 bits per heavy atom. The van der Waals surface area contributed by atoms with E-state index >= 15 is 0 Å². The molecule has 4 rings (SSSR count). The molecule has 4 aromatic rings. The Morgan fingerprint density at radius 1 is 1.03 bits per heavy atom. The van der Waals surface area contributed by atoms with E-state index < -0.39 is 4.92 Å². The first-order valence-corrected chi connectivity index (χ1v) is 9.72. The Hall–Kier alpha value is -4.20. The second kappa shape index (κ2) is 8.27. The molecule has 0 spiro atoms. The molecule has 31 heavy (non-hydrogen) atoms. The van der Waals surface area contributed by atoms with E-state index in [9.17, 15) is 14.9 Å². The van der Waals surface area contributed by atoms with E-state index in [1.54, 1.807) is 27.7 Å². The van der Waals surface area contributed by atoms with Crippen LogP contribution >= 0.6 is 0 Å². The Balaban J connectivity index is 1.62. The van der Waals surface area contributed by atoms with Crippen LogP contribution in [0.2, 0.25) is 0 Å². The molecular weight excluding hydrogens is 394 g/mol. The Morgan fingerprint density at radius 2 is 1.74 bits per heavy atom. The number of aliphatic imine (C=N–C) groups is 1. The van der Waals surface area contributed by atoms with E-state index in [0.29, 0.717) is 12.2 Å². The maximum absolute atomic E-state index is 13.0. The van der Waals surface area contributed by atoms with Crippen LogP contribution in [0.25, 0.3) is 5.69 Å². The molecule has 2 aromatic heterocycles. The van der Waals surface area contributed by atoms with E-state index in [-0.39, 0.29) is 11.2 Å². The summed E-state index contributed by atoms with van der Waals surface area (Å²) in [5.41, 5.74) is 3.56.